The van der Waals surface area contributed by atoms with Gasteiger partial charge in [-0.2, -0.15) is 0 Å². The van der Waals surface area contributed by atoms with Crippen LogP contribution in [0, 0.1) is 5.82 Å². The molecule has 0 bridgehead atoms. The van der Waals surface area contributed by atoms with Crippen LogP contribution in [0.15, 0.2) is 24.3 Å². The Morgan fingerprint density at radius 1 is 1.41 bits per heavy atom. The third-order valence-corrected chi connectivity index (χ3v) is 4.16. The molecule has 0 aliphatic carbocycles. The Hall–Kier alpha value is -1.14. The molecule has 4 nitrogen and oxygen atoms in total. The van der Waals surface area contributed by atoms with Gasteiger partial charge in [-0.05, 0) is 32.2 Å². The van der Waals surface area contributed by atoms with Gasteiger partial charge < -0.3 is 5.32 Å². The van der Waals surface area contributed by atoms with Crippen LogP contribution in [0.3, 0.4) is 0 Å². The van der Waals surface area contributed by atoms with Gasteiger partial charge in [0.1, 0.15) is 5.82 Å². The first-order valence-corrected chi connectivity index (χ1v) is 7.02. The van der Waals surface area contributed by atoms with E-state index < -0.39 is 15.8 Å². The Bertz CT molecular complexity index is 462. The third kappa shape index (κ3) is 3.67. The second-order valence-corrected chi connectivity index (χ2v) is 5.74. The van der Waals surface area contributed by atoms with Crippen LogP contribution in [0.5, 0.6) is 0 Å². The second kappa shape index (κ2) is 5.97. The fourth-order valence-electron chi connectivity index (χ4n) is 1.43. The number of likely N-dealkylation sites (N-methyl/N-ethyl adjacent to an activating group) is 1. The number of rotatable bonds is 6. The van der Waals surface area contributed by atoms with Crippen LogP contribution in [-0.4, -0.2) is 34.3 Å². The van der Waals surface area contributed by atoms with E-state index in [0.717, 1.165) is 0 Å². The Morgan fingerprint density at radius 2 is 2.12 bits per heavy atom. The number of nitrogens with zero attached hydrogens (tertiary/aromatic N) is 1. The van der Waals surface area contributed by atoms with Crippen LogP contribution in [0.4, 0.5) is 10.1 Å². The van der Waals surface area contributed by atoms with E-state index in [2.05, 4.69) is 5.32 Å². The lowest BCUT2D eigenvalue weighted by molar-refractivity contribution is 0.590. The summed E-state index contributed by atoms with van der Waals surface area (Å²) in [5.74, 6) is -0.448. The molecule has 0 aliphatic rings. The summed E-state index contributed by atoms with van der Waals surface area (Å²) < 4.78 is 38.1. The van der Waals surface area contributed by atoms with Gasteiger partial charge in [-0.3, -0.25) is 4.31 Å². The summed E-state index contributed by atoms with van der Waals surface area (Å²) in [4.78, 5) is 0. The normalized spacial score (nSPS) is 11.5. The number of anilines is 1. The lowest BCUT2D eigenvalue weighted by Crippen LogP contribution is -2.37. The van der Waals surface area contributed by atoms with Crippen LogP contribution in [0.25, 0.3) is 0 Å². The van der Waals surface area contributed by atoms with Gasteiger partial charge >= 0.3 is 0 Å². The second-order valence-electron chi connectivity index (χ2n) is 3.56. The van der Waals surface area contributed by atoms with Crippen LogP contribution >= 0.6 is 0 Å². The third-order valence-electron chi connectivity index (χ3n) is 2.36. The molecule has 0 saturated heterocycles. The molecule has 0 heterocycles. The molecule has 0 spiro atoms. The van der Waals surface area contributed by atoms with Crippen LogP contribution < -0.4 is 9.62 Å². The first-order chi connectivity index (χ1) is 8.01. The van der Waals surface area contributed by atoms with Crippen molar-refractivity contribution in [3.8, 4) is 0 Å². The first kappa shape index (κ1) is 13.9. The van der Waals surface area contributed by atoms with Crippen molar-refractivity contribution < 1.29 is 12.8 Å². The summed E-state index contributed by atoms with van der Waals surface area (Å²) in [6, 6.07) is 5.61. The fraction of sp³-hybridized carbons (Fsp3) is 0.455. The van der Waals surface area contributed by atoms with Crippen molar-refractivity contribution in [3.63, 3.8) is 0 Å². The van der Waals surface area contributed by atoms with Crippen LogP contribution in [-0.2, 0) is 10.0 Å². The number of nitrogens with one attached hydrogen (secondary N) is 1. The maximum atomic E-state index is 13.1. The molecular weight excluding hydrogens is 243 g/mol. The van der Waals surface area contributed by atoms with Gasteiger partial charge in [-0.25, -0.2) is 12.8 Å². The van der Waals surface area contributed by atoms with Gasteiger partial charge in [-0.1, -0.05) is 6.07 Å². The van der Waals surface area contributed by atoms with E-state index in [1.165, 1.54) is 22.5 Å². The molecule has 0 saturated carbocycles. The molecular formula is C11H17FN2O2S. The van der Waals surface area contributed by atoms with Gasteiger partial charge in [0.15, 0.2) is 0 Å². The van der Waals surface area contributed by atoms with E-state index in [0.29, 0.717) is 12.2 Å². The molecule has 0 amide bonds. The summed E-state index contributed by atoms with van der Waals surface area (Å²) in [5, 5.41) is 2.88. The standard InChI is InChI=1S/C11H17FN2O2S/c1-3-17(15,16)14(8-7-13-2)11-6-4-5-10(12)9-11/h4-6,9,13H,3,7-8H2,1-2H3. The molecule has 17 heavy (non-hydrogen) atoms. The number of hydrogen-bond acceptors (Lipinski definition) is 3. The summed E-state index contributed by atoms with van der Waals surface area (Å²) in [7, 11) is -1.64. The Balaban J connectivity index is 3.06. The topological polar surface area (TPSA) is 49.4 Å². The minimum absolute atomic E-state index is 0.00672. The summed E-state index contributed by atoms with van der Waals surface area (Å²) in [6.07, 6.45) is 0. The summed E-state index contributed by atoms with van der Waals surface area (Å²) in [5.41, 5.74) is 0.363. The van der Waals surface area contributed by atoms with E-state index in [4.69, 9.17) is 0 Å². The Labute approximate surface area is 101 Å². The number of benzene rings is 1. The van der Waals surface area contributed by atoms with Crippen molar-refractivity contribution in [2.45, 2.75) is 6.92 Å². The molecule has 0 aromatic heterocycles. The quantitative estimate of drug-likeness (QED) is 0.836. The van der Waals surface area contributed by atoms with Crippen molar-refractivity contribution in [2.75, 3.05) is 30.2 Å². The SMILES string of the molecule is CCS(=O)(=O)N(CCNC)c1cccc(F)c1. The van der Waals surface area contributed by atoms with E-state index in [9.17, 15) is 12.8 Å². The molecule has 0 unspecified atom stereocenters. The molecule has 0 atom stereocenters. The minimum Gasteiger partial charge on any atom is -0.318 e. The number of sulfonamides is 1. The predicted octanol–water partition coefficient (Wildman–Crippen LogP) is 1.20. The molecule has 1 aromatic rings. The number of hydrogen-bond donors (Lipinski definition) is 1. The van der Waals surface area contributed by atoms with E-state index >= 15 is 0 Å². The molecule has 96 valence electrons. The largest absolute Gasteiger partial charge is 0.318 e. The fourth-order valence-corrected chi connectivity index (χ4v) is 2.55. The highest BCUT2D eigenvalue weighted by Crippen LogP contribution is 2.18. The van der Waals surface area contributed by atoms with Gasteiger partial charge in [0.05, 0.1) is 11.4 Å². The van der Waals surface area contributed by atoms with Crippen LogP contribution in [0.1, 0.15) is 6.92 Å². The van der Waals surface area contributed by atoms with Gasteiger partial charge in [0, 0.05) is 13.1 Å². The summed E-state index contributed by atoms with van der Waals surface area (Å²) in [6.45, 7) is 2.37. The maximum Gasteiger partial charge on any atom is 0.234 e. The average Bonchev–Trinajstić information content (AvgIpc) is 2.29. The van der Waals surface area contributed by atoms with Crippen molar-refractivity contribution in [1.29, 1.82) is 0 Å². The van der Waals surface area contributed by atoms with Gasteiger partial charge in [0.25, 0.3) is 0 Å². The smallest absolute Gasteiger partial charge is 0.234 e. The highest BCUT2D eigenvalue weighted by atomic mass is 32.2. The lowest BCUT2D eigenvalue weighted by Gasteiger charge is -2.23. The molecule has 1 N–H and O–H groups in total. The highest BCUT2D eigenvalue weighted by molar-refractivity contribution is 7.92. The highest BCUT2D eigenvalue weighted by Gasteiger charge is 2.20. The average molecular weight is 260 g/mol. The monoisotopic (exact) mass is 260 g/mol. The van der Waals surface area contributed by atoms with E-state index in [1.54, 1.807) is 20.0 Å². The molecule has 1 rings (SSSR count). The molecule has 0 radical (unpaired) electrons. The number of halogens is 1. The maximum absolute atomic E-state index is 13.1. The van der Waals surface area contributed by atoms with Gasteiger partial charge in [-0.15, -0.1) is 0 Å². The van der Waals surface area contributed by atoms with Crippen molar-refractivity contribution in [1.82, 2.24) is 5.32 Å². The van der Waals surface area contributed by atoms with E-state index in [-0.39, 0.29) is 12.3 Å². The molecule has 0 aliphatic heterocycles. The molecule has 1 aromatic carbocycles. The van der Waals surface area contributed by atoms with E-state index in [1.807, 2.05) is 0 Å². The van der Waals surface area contributed by atoms with Crippen LogP contribution in [0.2, 0.25) is 0 Å². The van der Waals surface area contributed by atoms with Crippen molar-refractivity contribution in [2.24, 2.45) is 0 Å². The minimum atomic E-state index is -3.38. The zero-order chi connectivity index (χ0) is 12.9. The lowest BCUT2D eigenvalue weighted by atomic mass is 10.3. The molecule has 6 heteroatoms. The first-order valence-electron chi connectivity index (χ1n) is 5.42. The van der Waals surface area contributed by atoms with Gasteiger partial charge in [0.2, 0.25) is 10.0 Å². The Morgan fingerprint density at radius 3 is 2.65 bits per heavy atom. The van der Waals surface area contributed by atoms with Crippen molar-refractivity contribution >= 4 is 15.7 Å². The predicted molar refractivity (Wildman–Crippen MR) is 67.1 cm³/mol. The zero-order valence-corrected chi connectivity index (χ0v) is 10.8. The molecule has 0 fully saturated rings. The Kier molecular flexibility index (Phi) is 4.89. The zero-order valence-electron chi connectivity index (χ0n) is 9.98. The van der Waals surface area contributed by atoms with Crippen molar-refractivity contribution in [3.05, 3.63) is 30.1 Å². The summed E-state index contributed by atoms with van der Waals surface area (Å²) >= 11 is 0.